The van der Waals surface area contributed by atoms with Gasteiger partial charge < -0.3 is 4.84 Å². The minimum Gasteiger partial charge on any atom is -0.305 e. The first-order valence-electron chi connectivity index (χ1n) is 2.90. The molecule has 0 fully saturated rings. The molecule has 0 heterocycles. The number of nitriles is 1. The predicted octanol–water partition coefficient (Wildman–Crippen LogP) is 0.686. The van der Waals surface area contributed by atoms with Gasteiger partial charge in [-0.3, -0.25) is 0 Å². The Balaban J connectivity index is 3.48. The van der Waals surface area contributed by atoms with Gasteiger partial charge in [0.05, 0.1) is 19.1 Å². The minimum atomic E-state index is -0.00931. The van der Waals surface area contributed by atoms with Crippen molar-refractivity contribution in [2.24, 2.45) is 5.92 Å². The van der Waals surface area contributed by atoms with Crippen molar-refractivity contribution in [2.75, 3.05) is 7.11 Å². The van der Waals surface area contributed by atoms with Crippen molar-refractivity contribution in [1.82, 2.24) is 5.48 Å². The largest absolute Gasteiger partial charge is 0.305 e. The summed E-state index contributed by atoms with van der Waals surface area (Å²) in [5.74, 6) is -0.00931. The molecule has 2 atom stereocenters. The van der Waals surface area contributed by atoms with Gasteiger partial charge in [0.1, 0.15) is 0 Å². The topological polar surface area (TPSA) is 45.0 Å². The number of nitrogens with zero attached hydrogens (tertiary/aromatic N) is 1. The van der Waals surface area contributed by atoms with Crippen molar-refractivity contribution in [1.29, 1.82) is 5.26 Å². The maximum Gasteiger partial charge on any atom is 0.0670 e. The highest BCUT2D eigenvalue weighted by Gasteiger charge is 2.08. The molecule has 3 heteroatoms. The van der Waals surface area contributed by atoms with E-state index in [9.17, 15) is 0 Å². The highest BCUT2D eigenvalue weighted by Crippen LogP contribution is 1.98. The number of hydrogen-bond donors (Lipinski definition) is 1. The molecule has 0 aromatic heterocycles. The van der Waals surface area contributed by atoms with E-state index < -0.39 is 0 Å². The molecule has 0 spiro atoms. The summed E-state index contributed by atoms with van der Waals surface area (Å²) in [6.45, 7) is 3.74. The zero-order chi connectivity index (χ0) is 7.28. The molecule has 9 heavy (non-hydrogen) atoms. The summed E-state index contributed by atoms with van der Waals surface area (Å²) in [7, 11) is 1.54. The minimum absolute atomic E-state index is 0.00931. The molecule has 0 rings (SSSR count). The monoisotopic (exact) mass is 128 g/mol. The van der Waals surface area contributed by atoms with Crippen LogP contribution in [0, 0.1) is 17.2 Å². The standard InChI is InChI=1S/C6H12N2O/c1-5(4-7)6(2)8-9-3/h5-6,8H,1-3H3/t5-,6?/m0/s1. The summed E-state index contributed by atoms with van der Waals surface area (Å²) >= 11 is 0. The lowest BCUT2D eigenvalue weighted by atomic mass is 10.1. The van der Waals surface area contributed by atoms with E-state index in [1.54, 1.807) is 7.11 Å². The van der Waals surface area contributed by atoms with Crippen LogP contribution in [0.15, 0.2) is 0 Å². The van der Waals surface area contributed by atoms with Crippen LogP contribution in [0.1, 0.15) is 13.8 Å². The summed E-state index contributed by atoms with van der Waals surface area (Å²) < 4.78 is 0. The van der Waals surface area contributed by atoms with Gasteiger partial charge in [-0.2, -0.15) is 10.7 Å². The number of hydrogen-bond acceptors (Lipinski definition) is 3. The van der Waals surface area contributed by atoms with Crippen molar-refractivity contribution >= 4 is 0 Å². The van der Waals surface area contributed by atoms with Gasteiger partial charge in [0.25, 0.3) is 0 Å². The molecular formula is C6H12N2O. The molecule has 0 aromatic rings. The van der Waals surface area contributed by atoms with Gasteiger partial charge in [-0.05, 0) is 13.8 Å². The van der Waals surface area contributed by atoms with E-state index in [1.807, 2.05) is 13.8 Å². The first-order chi connectivity index (χ1) is 4.22. The van der Waals surface area contributed by atoms with Crippen molar-refractivity contribution < 1.29 is 4.84 Å². The van der Waals surface area contributed by atoms with E-state index in [4.69, 9.17) is 5.26 Å². The second-order valence-electron chi connectivity index (χ2n) is 2.03. The first kappa shape index (κ1) is 8.41. The molecule has 0 bridgehead atoms. The van der Waals surface area contributed by atoms with Crippen LogP contribution in [0.25, 0.3) is 0 Å². The van der Waals surface area contributed by atoms with E-state index >= 15 is 0 Å². The molecule has 0 saturated carbocycles. The van der Waals surface area contributed by atoms with E-state index in [2.05, 4.69) is 16.4 Å². The third-order valence-corrected chi connectivity index (χ3v) is 1.26. The van der Waals surface area contributed by atoms with Crippen LogP contribution < -0.4 is 5.48 Å². The third kappa shape index (κ3) is 3.07. The quantitative estimate of drug-likeness (QED) is 0.568. The van der Waals surface area contributed by atoms with Crippen molar-refractivity contribution in [3.05, 3.63) is 0 Å². The Morgan fingerprint density at radius 1 is 1.56 bits per heavy atom. The maximum absolute atomic E-state index is 8.39. The highest BCUT2D eigenvalue weighted by molar-refractivity contribution is 4.84. The Bertz CT molecular complexity index is 108. The van der Waals surface area contributed by atoms with Crippen LogP contribution in [0.4, 0.5) is 0 Å². The van der Waals surface area contributed by atoms with Gasteiger partial charge in [-0.25, -0.2) is 0 Å². The molecule has 0 saturated heterocycles. The SMILES string of the molecule is CONC(C)[C@@H](C)C#N. The Labute approximate surface area is 55.6 Å². The molecule has 52 valence electrons. The fourth-order valence-corrected chi connectivity index (χ4v) is 0.400. The molecule has 0 aromatic carbocycles. The van der Waals surface area contributed by atoms with Gasteiger partial charge >= 0.3 is 0 Å². The average molecular weight is 128 g/mol. The molecule has 0 aliphatic rings. The van der Waals surface area contributed by atoms with Crippen molar-refractivity contribution in [2.45, 2.75) is 19.9 Å². The van der Waals surface area contributed by atoms with E-state index in [0.29, 0.717) is 0 Å². The fraction of sp³-hybridized carbons (Fsp3) is 0.833. The number of rotatable bonds is 3. The summed E-state index contributed by atoms with van der Waals surface area (Å²) in [5.41, 5.74) is 2.67. The summed E-state index contributed by atoms with van der Waals surface area (Å²) in [5, 5.41) is 8.39. The van der Waals surface area contributed by atoms with Crippen LogP contribution in [0.3, 0.4) is 0 Å². The van der Waals surface area contributed by atoms with Crippen molar-refractivity contribution in [3.63, 3.8) is 0 Å². The van der Waals surface area contributed by atoms with Crippen LogP contribution in [0.5, 0.6) is 0 Å². The van der Waals surface area contributed by atoms with Crippen molar-refractivity contribution in [3.8, 4) is 6.07 Å². The lowest BCUT2D eigenvalue weighted by Gasteiger charge is -2.12. The Morgan fingerprint density at radius 2 is 2.11 bits per heavy atom. The van der Waals surface area contributed by atoms with Gasteiger partial charge in [0, 0.05) is 6.04 Å². The van der Waals surface area contributed by atoms with E-state index in [1.165, 1.54) is 0 Å². The smallest absolute Gasteiger partial charge is 0.0670 e. The molecule has 1 unspecified atom stereocenters. The predicted molar refractivity (Wildman–Crippen MR) is 34.4 cm³/mol. The van der Waals surface area contributed by atoms with Gasteiger partial charge in [-0.15, -0.1) is 0 Å². The van der Waals surface area contributed by atoms with Crippen LogP contribution in [0.2, 0.25) is 0 Å². The van der Waals surface area contributed by atoms with Gasteiger partial charge in [0.2, 0.25) is 0 Å². The molecule has 0 amide bonds. The molecule has 0 aliphatic carbocycles. The van der Waals surface area contributed by atoms with Gasteiger partial charge in [0.15, 0.2) is 0 Å². The highest BCUT2D eigenvalue weighted by atomic mass is 16.6. The number of nitrogens with one attached hydrogen (secondary N) is 1. The summed E-state index contributed by atoms with van der Waals surface area (Å²) in [6, 6.07) is 2.20. The first-order valence-corrected chi connectivity index (χ1v) is 2.90. The molecule has 3 nitrogen and oxygen atoms in total. The molecule has 0 radical (unpaired) electrons. The summed E-state index contributed by atoms with van der Waals surface area (Å²) in [4.78, 5) is 4.63. The van der Waals surface area contributed by atoms with E-state index in [-0.39, 0.29) is 12.0 Å². The second kappa shape index (κ2) is 4.30. The van der Waals surface area contributed by atoms with E-state index in [0.717, 1.165) is 0 Å². The average Bonchev–Trinajstić information content (AvgIpc) is 1.87. The lowest BCUT2D eigenvalue weighted by Crippen LogP contribution is -2.30. The Hall–Kier alpha value is -0.590. The van der Waals surface area contributed by atoms with Crippen LogP contribution >= 0.6 is 0 Å². The van der Waals surface area contributed by atoms with Crippen LogP contribution in [-0.2, 0) is 4.84 Å². The molecular weight excluding hydrogens is 116 g/mol. The normalized spacial score (nSPS) is 16.2. The fourth-order valence-electron chi connectivity index (χ4n) is 0.400. The number of hydroxylamine groups is 1. The Morgan fingerprint density at radius 3 is 2.44 bits per heavy atom. The maximum atomic E-state index is 8.39. The third-order valence-electron chi connectivity index (χ3n) is 1.26. The van der Waals surface area contributed by atoms with Crippen LogP contribution in [-0.4, -0.2) is 13.2 Å². The summed E-state index contributed by atoms with van der Waals surface area (Å²) in [6.07, 6.45) is 0. The lowest BCUT2D eigenvalue weighted by molar-refractivity contribution is 0.0569. The molecule has 0 aliphatic heterocycles. The molecule has 1 N–H and O–H groups in total. The Kier molecular flexibility index (Phi) is 4.02. The zero-order valence-electron chi connectivity index (χ0n) is 6.01. The second-order valence-corrected chi connectivity index (χ2v) is 2.03. The van der Waals surface area contributed by atoms with Gasteiger partial charge in [-0.1, -0.05) is 0 Å². The zero-order valence-corrected chi connectivity index (χ0v) is 6.01.